The van der Waals surface area contributed by atoms with Crippen molar-refractivity contribution in [3.63, 3.8) is 0 Å². The fourth-order valence-electron chi connectivity index (χ4n) is 3.72. The molecular weight excluding hydrogens is 498 g/mol. The molecule has 1 amide bonds. The van der Waals surface area contributed by atoms with Crippen LogP contribution in [0.15, 0.2) is 113 Å². The number of benzene rings is 4. The zero-order valence-corrected chi connectivity index (χ0v) is 22.0. The summed E-state index contributed by atoms with van der Waals surface area (Å²) in [5.41, 5.74) is 6.42. The summed E-state index contributed by atoms with van der Waals surface area (Å²) in [7, 11) is -3.71. The first-order chi connectivity index (χ1) is 18.3. The van der Waals surface area contributed by atoms with Crippen LogP contribution >= 0.6 is 0 Å². The Morgan fingerprint density at radius 3 is 2.21 bits per heavy atom. The predicted octanol–water partition coefficient (Wildman–Crippen LogP) is 6.06. The van der Waals surface area contributed by atoms with Gasteiger partial charge in [-0.15, -0.1) is 0 Å². The van der Waals surface area contributed by atoms with Gasteiger partial charge in [0.15, 0.2) is 0 Å². The van der Waals surface area contributed by atoms with E-state index in [2.05, 4.69) is 15.2 Å². The quantitative estimate of drug-likeness (QED) is 0.193. The van der Waals surface area contributed by atoms with Gasteiger partial charge in [-0.1, -0.05) is 60.2 Å². The zero-order chi connectivity index (χ0) is 27.0. The van der Waals surface area contributed by atoms with Crippen LogP contribution < -0.4 is 14.9 Å². The lowest BCUT2D eigenvalue weighted by Crippen LogP contribution is -2.17. The molecule has 0 bridgehead atoms. The molecule has 0 aliphatic heterocycles. The van der Waals surface area contributed by atoms with Crippen molar-refractivity contribution in [2.75, 3.05) is 4.72 Å². The van der Waals surface area contributed by atoms with Crippen LogP contribution in [-0.2, 0) is 21.2 Å². The predicted molar refractivity (Wildman–Crippen MR) is 150 cm³/mol. The number of hydrogen-bond donors (Lipinski definition) is 2. The van der Waals surface area contributed by atoms with E-state index < -0.39 is 10.0 Å². The fraction of sp³-hybridized carbons (Fsp3) is 0.133. The first-order valence-electron chi connectivity index (χ1n) is 12.1. The van der Waals surface area contributed by atoms with Gasteiger partial charge in [-0.2, -0.15) is 5.10 Å². The van der Waals surface area contributed by atoms with Crippen LogP contribution in [0, 0.1) is 6.92 Å². The molecule has 4 rings (SSSR count). The Labute approximate surface area is 223 Å². The molecule has 38 heavy (non-hydrogen) atoms. The van der Waals surface area contributed by atoms with Crippen LogP contribution in [0.2, 0.25) is 0 Å². The highest BCUT2D eigenvalue weighted by Crippen LogP contribution is 2.23. The molecule has 0 radical (unpaired) electrons. The van der Waals surface area contributed by atoms with E-state index in [1.54, 1.807) is 48.5 Å². The first-order valence-corrected chi connectivity index (χ1v) is 13.6. The van der Waals surface area contributed by atoms with Crippen LogP contribution in [0.5, 0.6) is 11.5 Å². The Hall–Kier alpha value is -4.43. The molecule has 4 aromatic carbocycles. The van der Waals surface area contributed by atoms with Gasteiger partial charge < -0.3 is 4.74 Å². The molecule has 0 saturated carbocycles. The number of sulfonamides is 1. The zero-order valence-electron chi connectivity index (χ0n) is 21.2. The second kappa shape index (κ2) is 12.2. The van der Waals surface area contributed by atoms with Crippen molar-refractivity contribution < 1.29 is 17.9 Å². The van der Waals surface area contributed by atoms with Crippen LogP contribution in [-0.4, -0.2) is 20.0 Å². The number of hydrazone groups is 1. The number of para-hydroxylation sites is 1. The molecular formula is C30H29N3O4S. The first kappa shape index (κ1) is 26.6. The molecule has 8 heteroatoms. The van der Waals surface area contributed by atoms with Gasteiger partial charge in [0.2, 0.25) is 5.91 Å². The molecule has 0 spiro atoms. The molecule has 0 aliphatic carbocycles. The third kappa shape index (κ3) is 7.54. The van der Waals surface area contributed by atoms with Crippen LogP contribution in [0.25, 0.3) is 0 Å². The van der Waals surface area contributed by atoms with Crippen LogP contribution in [0.3, 0.4) is 0 Å². The van der Waals surface area contributed by atoms with E-state index in [0.717, 1.165) is 28.2 Å². The maximum atomic E-state index is 12.7. The summed E-state index contributed by atoms with van der Waals surface area (Å²) in [5.74, 6) is 1.22. The summed E-state index contributed by atoms with van der Waals surface area (Å²) in [6.07, 6.45) is 1.20. The topological polar surface area (TPSA) is 96.9 Å². The summed E-state index contributed by atoms with van der Waals surface area (Å²) >= 11 is 0. The van der Waals surface area contributed by atoms with Gasteiger partial charge in [0, 0.05) is 12.6 Å². The number of aryl methyl sites for hydroxylation is 2. The number of nitrogens with one attached hydrogen (secondary N) is 2. The van der Waals surface area contributed by atoms with Gasteiger partial charge in [-0.05, 0) is 79.4 Å². The Morgan fingerprint density at radius 2 is 1.53 bits per heavy atom. The van der Waals surface area contributed by atoms with E-state index in [1.807, 2.05) is 61.5 Å². The van der Waals surface area contributed by atoms with Gasteiger partial charge in [0.25, 0.3) is 10.0 Å². The minimum absolute atomic E-state index is 0.193. The minimum atomic E-state index is -3.71. The lowest BCUT2D eigenvalue weighted by molar-refractivity contribution is -0.118. The number of amides is 1. The number of anilines is 1. The van der Waals surface area contributed by atoms with Gasteiger partial charge in [-0.3, -0.25) is 9.52 Å². The number of nitrogens with zero attached hydrogens (tertiary/aromatic N) is 1. The second-order valence-electron chi connectivity index (χ2n) is 8.78. The summed E-state index contributed by atoms with van der Waals surface area (Å²) < 4.78 is 34.0. The molecule has 0 atom stereocenters. The average Bonchev–Trinajstić information content (AvgIpc) is 2.90. The maximum Gasteiger partial charge on any atom is 0.261 e. The molecule has 4 aromatic rings. The highest BCUT2D eigenvalue weighted by atomic mass is 32.2. The van der Waals surface area contributed by atoms with Crippen LogP contribution in [0.4, 0.5) is 5.69 Å². The SMILES string of the molecule is CC(=O)NN=C(CCc1cccc(Oc2ccccc2)c1)c1ccc(NS(=O)(=O)c2ccc(C)cc2)cc1. The Bertz CT molecular complexity index is 1520. The summed E-state index contributed by atoms with van der Waals surface area (Å²) in [4.78, 5) is 11.7. The molecule has 194 valence electrons. The third-order valence-corrected chi connectivity index (χ3v) is 7.07. The average molecular weight is 528 g/mol. The molecule has 0 unspecified atom stereocenters. The summed E-state index contributed by atoms with van der Waals surface area (Å²) in [6, 6.07) is 31.0. The van der Waals surface area contributed by atoms with E-state index >= 15 is 0 Å². The van der Waals surface area contributed by atoms with Crippen molar-refractivity contribution in [1.82, 2.24) is 5.43 Å². The van der Waals surface area contributed by atoms with Crippen molar-refractivity contribution in [3.8, 4) is 11.5 Å². The monoisotopic (exact) mass is 527 g/mol. The Morgan fingerprint density at radius 1 is 0.842 bits per heavy atom. The smallest absolute Gasteiger partial charge is 0.261 e. The fourth-order valence-corrected chi connectivity index (χ4v) is 4.78. The Kier molecular flexibility index (Phi) is 8.55. The summed E-state index contributed by atoms with van der Waals surface area (Å²) in [5, 5.41) is 4.31. The van der Waals surface area contributed by atoms with Crippen molar-refractivity contribution in [2.24, 2.45) is 5.10 Å². The summed E-state index contributed by atoms with van der Waals surface area (Å²) in [6.45, 7) is 3.30. The highest BCUT2D eigenvalue weighted by Gasteiger charge is 2.14. The van der Waals surface area contributed by atoms with Crippen molar-refractivity contribution >= 4 is 27.3 Å². The number of rotatable bonds is 10. The van der Waals surface area contributed by atoms with Crippen LogP contribution in [0.1, 0.15) is 30.0 Å². The molecule has 0 saturated heterocycles. The van der Waals surface area contributed by atoms with Gasteiger partial charge in [-0.25, -0.2) is 13.8 Å². The maximum absolute atomic E-state index is 12.7. The van der Waals surface area contributed by atoms with E-state index in [0.29, 0.717) is 24.2 Å². The lowest BCUT2D eigenvalue weighted by Gasteiger charge is -2.11. The van der Waals surface area contributed by atoms with E-state index in [-0.39, 0.29) is 10.8 Å². The van der Waals surface area contributed by atoms with Crippen molar-refractivity contribution in [3.05, 3.63) is 120 Å². The van der Waals surface area contributed by atoms with E-state index in [4.69, 9.17) is 4.74 Å². The van der Waals surface area contributed by atoms with E-state index in [1.165, 1.54) is 6.92 Å². The number of hydrogen-bond acceptors (Lipinski definition) is 5. The minimum Gasteiger partial charge on any atom is -0.457 e. The third-order valence-electron chi connectivity index (χ3n) is 5.68. The van der Waals surface area contributed by atoms with Crippen molar-refractivity contribution in [2.45, 2.75) is 31.6 Å². The largest absolute Gasteiger partial charge is 0.457 e. The molecule has 0 fully saturated rings. The van der Waals surface area contributed by atoms with Gasteiger partial charge >= 0.3 is 0 Å². The highest BCUT2D eigenvalue weighted by molar-refractivity contribution is 7.92. The second-order valence-corrected chi connectivity index (χ2v) is 10.5. The Balaban J connectivity index is 1.47. The van der Waals surface area contributed by atoms with Gasteiger partial charge in [0.05, 0.1) is 10.6 Å². The molecule has 0 heterocycles. The lowest BCUT2D eigenvalue weighted by atomic mass is 10.0. The number of carbonyl (C=O) groups is 1. The standard InChI is InChI=1S/C30H29N3O4S/c1-22-11-18-29(19-12-22)38(35,36)33-26-16-14-25(15-17-26)30(32-31-23(2)34)20-13-24-7-6-10-28(21-24)37-27-8-4-3-5-9-27/h3-12,14-19,21,33H,13,20H2,1-2H3,(H,31,34). The normalized spacial score (nSPS) is 11.6. The molecule has 0 aromatic heterocycles. The number of carbonyl (C=O) groups excluding carboxylic acids is 1. The number of ether oxygens (including phenoxy) is 1. The molecule has 2 N–H and O–H groups in total. The van der Waals surface area contributed by atoms with E-state index in [9.17, 15) is 13.2 Å². The molecule has 7 nitrogen and oxygen atoms in total. The molecule has 0 aliphatic rings. The van der Waals surface area contributed by atoms with Crippen molar-refractivity contribution in [1.29, 1.82) is 0 Å². The van der Waals surface area contributed by atoms with Gasteiger partial charge in [0.1, 0.15) is 11.5 Å².